The van der Waals surface area contributed by atoms with E-state index in [1.165, 1.54) is 12.8 Å². The Balaban J connectivity index is 2.20. The van der Waals surface area contributed by atoms with Gasteiger partial charge in [-0.3, -0.25) is 0 Å². The Morgan fingerprint density at radius 3 is 2.00 bits per heavy atom. The fraction of sp³-hybridized carbons (Fsp3) is 1.00. The lowest BCUT2D eigenvalue weighted by Crippen LogP contribution is -2.23. The van der Waals surface area contributed by atoms with E-state index >= 15 is 0 Å². The Morgan fingerprint density at radius 1 is 1.27 bits per heavy atom. The van der Waals surface area contributed by atoms with E-state index in [1.807, 2.05) is 0 Å². The van der Waals surface area contributed by atoms with Gasteiger partial charge in [0.25, 0.3) is 0 Å². The summed E-state index contributed by atoms with van der Waals surface area (Å²) >= 11 is 4.86. The van der Waals surface area contributed by atoms with Crippen molar-refractivity contribution in [2.24, 2.45) is 22.7 Å². The van der Waals surface area contributed by atoms with Crippen molar-refractivity contribution in [3.05, 3.63) is 0 Å². The minimum atomic E-state index is 0.459. The third-order valence-electron chi connectivity index (χ3n) is 5.53. The summed E-state index contributed by atoms with van der Waals surface area (Å²) in [5.41, 5.74) is 1.17. The number of thiol groups is 1. The Morgan fingerprint density at radius 2 is 1.91 bits per heavy atom. The minimum absolute atomic E-state index is 0.459. The van der Waals surface area contributed by atoms with Crippen LogP contribution < -0.4 is 0 Å². The molecule has 0 N–H and O–H groups in total. The maximum Gasteiger partial charge on any atom is 0.0228 e. The van der Waals surface area contributed by atoms with Gasteiger partial charge in [-0.15, -0.1) is 0 Å². The second-order valence-electron chi connectivity index (χ2n) is 5.54. The van der Waals surface area contributed by atoms with Crippen LogP contribution in [0.25, 0.3) is 0 Å². The van der Waals surface area contributed by atoms with Gasteiger partial charge >= 0.3 is 0 Å². The number of hydrogen-bond donors (Lipinski definition) is 1. The molecule has 1 unspecified atom stereocenters. The van der Waals surface area contributed by atoms with Crippen LogP contribution in [0.1, 0.15) is 33.6 Å². The van der Waals surface area contributed by atoms with E-state index in [4.69, 9.17) is 12.6 Å². The van der Waals surface area contributed by atoms with Gasteiger partial charge in [0.15, 0.2) is 0 Å². The molecule has 4 atom stereocenters. The second kappa shape index (κ2) is 1.30. The fourth-order valence-corrected chi connectivity index (χ4v) is 5.24. The van der Waals surface area contributed by atoms with E-state index < -0.39 is 0 Å². The van der Waals surface area contributed by atoms with Crippen molar-refractivity contribution < 1.29 is 0 Å². The zero-order chi connectivity index (χ0) is 8.07. The minimum Gasteiger partial charge on any atom is -0.172 e. The smallest absolute Gasteiger partial charge is 0.0228 e. The standard InChI is InChI=1S/C10H16S/c1-8(2)6-4-7-9(8,3)10(7,11)5-6/h6-7,11H,4-5H2,1-3H3/t6-,7?,9-,10-/m1/s1. The van der Waals surface area contributed by atoms with Crippen molar-refractivity contribution in [3.63, 3.8) is 0 Å². The topological polar surface area (TPSA) is 0 Å². The van der Waals surface area contributed by atoms with E-state index in [-0.39, 0.29) is 0 Å². The number of rotatable bonds is 0. The molecule has 0 nitrogen and oxygen atoms in total. The molecule has 4 aliphatic rings. The Hall–Kier alpha value is 0.350. The highest BCUT2D eigenvalue weighted by Gasteiger charge is 2.87. The van der Waals surface area contributed by atoms with Crippen LogP contribution in [0.3, 0.4) is 0 Å². The van der Waals surface area contributed by atoms with E-state index in [0.29, 0.717) is 15.6 Å². The highest BCUT2D eigenvalue weighted by molar-refractivity contribution is 7.82. The van der Waals surface area contributed by atoms with Gasteiger partial charge in [0.05, 0.1) is 0 Å². The van der Waals surface area contributed by atoms with Crippen LogP contribution >= 0.6 is 12.6 Å². The largest absolute Gasteiger partial charge is 0.172 e. The summed E-state index contributed by atoms with van der Waals surface area (Å²) in [7, 11) is 0. The van der Waals surface area contributed by atoms with E-state index in [0.717, 1.165) is 11.8 Å². The molecule has 0 aliphatic heterocycles. The predicted octanol–water partition coefficient (Wildman–Crippen LogP) is 2.74. The zero-order valence-corrected chi connectivity index (χ0v) is 8.41. The quantitative estimate of drug-likeness (QED) is 0.528. The average Bonchev–Trinajstić information content (AvgIpc) is 2.29. The Kier molecular flexibility index (Phi) is 0.808. The summed E-state index contributed by atoms with van der Waals surface area (Å²) in [5, 5.41) is 0. The molecule has 0 saturated heterocycles. The summed E-state index contributed by atoms with van der Waals surface area (Å²) in [6.07, 6.45) is 2.86. The van der Waals surface area contributed by atoms with Gasteiger partial charge in [0, 0.05) is 4.75 Å². The van der Waals surface area contributed by atoms with Gasteiger partial charge in [-0.2, -0.15) is 12.6 Å². The summed E-state index contributed by atoms with van der Waals surface area (Å²) in [4.78, 5) is 0. The molecule has 4 rings (SSSR count). The van der Waals surface area contributed by atoms with Gasteiger partial charge in [-0.25, -0.2) is 0 Å². The average molecular weight is 168 g/mol. The lowest BCUT2D eigenvalue weighted by Gasteiger charge is -2.29. The molecule has 11 heavy (non-hydrogen) atoms. The predicted molar refractivity (Wildman–Crippen MR) is 49.8 cm³/mol. The molecule has 0 heterocycles. The van der Waals surface area contributed by atoms with Crippen molar-refractivity contribution in [1.29, 1.82) is 0 Å². The fourth-order valence-electron chi connectivity index (χ4n) is 4.28. The molecule has 1 heteroatoms. The molecule has 0 radical (unpaired) electrons. The molecule has 0 aromatic carbocycles. The Labute approximate surface area is 74.2 Å². The monoisotopic (exact) mass is 168 g/mol. The van der Waals surface area contributed by atoms with Gasteiger partial charge in [-0.1, -0.05) is 20.8 Å². The van der Waals surface area contributed by atoms with Crippen LogP contribution in [0.15, 0.2) is 0 Å². The van der Waals surface area contributed by atoms with E-state index in [2.05, 4.69) is 20.8 Å². The van der Waals surface area contributed by atoms with Crippen molar-refractivity contribution in [2.75, 3.05) is 0 Å². The van der Waals surface area contributed by atoms with Crippen molar-refractivity contribution in [1.82, 2.24) is 0 Å². The van der Waals surface area contributed by atoms with Gasteiger partial charge in [0.2, 0.25) is 0 Å². The molecule has 4 saturated carbocycles. The maximum absolute atomic E-state index is 4.86. The first-order valence-corrected chi connectivity index (χ1v) is 5.12. The first kappa shape index (κ1) is 6.82. The molecule has 4 fully saturated rings. The van der Waals surface area contributed by atoms with Gasteiger partial charge in [0.1, 0.15) is 0 Å². The molecule has 62 valence electrons. The summed E-state index contributed by atoms with van der Waals surface area (Å²) in [6.45, 7) is 7.35. The first-order chi connectivity index (χ1) is 4.94. The third-order valence-corrected chi connectivity index (χ3v) is 6.49. The second-order valence-corrected chi connectivity index (χ2v) is 6.34. The van der Waals surface area contributed by atoms with Gasteiger partial charge < -0.3 is 0 Å². The van der Waals surface area contributed by atoms with E-state index in [1.54, 1.807) is 0 Å². The third kappa shape index (κ3) is 0.384. The molecular weight excluding hydrogens is 152 g/mol. The van der Waals surface area contributed by atoms with Crippen LogP contribution in [0, 0.1) is 22.7 Å². The van der Waals surface area contributed by atoms with Crippen LogP contribution in [-0.4, -0.2) is 4.75 Å². The summed E-state index contributed by atoms with van der Waals surface area (Å²) in [5.74, 6) is 1.94. The molecule has 0 amide bonds. The summed E-state index contributed by atoms with van der Waals surface area (Å²) in [6, 6.07) is 0. The van der Waals surface area contributed by atoms with Gasteiger partial charge in [-0.05, 0) is 35.5 Å². The lowest BCUT2D eigenvalue weighted by molar-refractivity contribution is 0.201. The first-order valence-electron chi connectivity index (χ1n) is 4.67. The lowest BCUT2D eigenvalue weighted by atomic mass is 9.76. The highest BCUT2D eigenvalue weighted by Crippen LogP contribution is 2.90. The SMILES string of the molecule is CC1(C)[C@@H]2CC3[C@](S)(C2)[C@]31C. The van der Waals surface area contributed by atoms with Crippen molar-refractivity contribution >= 4 is 12.6 Å². The van der Waals surface area contributed by atoms with Crippen LogP contribution in [0.4, 0.5) is 0 Å². The molecule has 0 aromatic heterocycles. The molecule has 4 aliphatic carbocycles. The van der Waals surface area contributed by atoms with Crippen molar-refractivity contribution in [3.8, 4) is 0 Å². The molecular formula is C10H16S. The van der Waals surface area contributed by atoms with Crippen molar-refractivity contribution in [2.45, 2.75) is 38.4 Å². The maximum atomic E-state index is 4.86. The molecule has 4 bridgehead atoms. The zero-order valence-electron chi connectivity index (χ0n) is 7.52. The van der Waals surface area contributed by atoms with Crippen LogP contribution in [0.5, 0.6) is 0 Å². The normalized spacial score (nSPS) is 68.7. The Bertz CT molecular complexity index is 245. The van der Waals surface area contributed by atoms with Crippen LogP contribution in [-0.2, 0) is 0 Å². The molecule has 0 aromatic rings. The van der Waals surface area contributed by atoms with Crippen LogP contribution in [0.2, 0.25) is 0 Å². The summed E-state index contributed by atoms with van der Waals surface area (Å²) < 4.78 is 0.459. The number of hydrogen-bond acceptors (Lipinski definition) is 1. The molecule has 0 spiro atoms. The van der Waals surface area contributed by atoms with E-state index in [9.17, 15) is 0 Å². The highest BCUT2D eigenvalue weighted by atomic mass is 32.1.